The third kappa shape index (κ3) is 1.50. The van der Waals surface area contributed by atoms with Crippen molar-refractivity contribution in [2.75, 3.05) is 13.1 Å². The molecule has 0 saturated heterocycles. The highest BCUT2D eigenvalue weighted by Crippen LogP contribution is 2.21. The molecule has 1 aliphatic heterocycles. The van der Waals surface area contributed by atoms with Crippen LogP contribution in [-0.4, -0.2) is 23.1 Å². The molecule has 66 valence electrons. The number of nitrogens with zero attached hydrogens (tertiary/aromatic N) is 2. The van der Waals surface area contributed by atoms with Gasteiger partial charge in [0.1, 0.15) is 0 Å². The summed E-state index contributed by atoms with van der Waals surface area (Å²) in [6.07, 6.45) is 2.08. The average molecular weight is 183 g/mol. The fourth-order valence-corrected chi connectivity index (χ4v) is 2.48. The first-order valence-corrected chi connectivity index (χ1v) is 5.02. The van der Waals surface area contributed by atoms with E-state index in [4.69, 9.17) is 5.84 Å². The van der Waals surface area contributed by atoms with Crippen molar-refractivity contribution in [3.63, 3.8) is 0 Å². The van der Waals surface area contributed by atoms with Gasteiger partial charge in [-0.15, -0.1) is 11.3 Å². The summed E-state index contributed by atoms with van der Waals surface area (Å²) in [7, 11) is 0. The van der Waals surface area contributed by atoms with Gasteiger partial charge in [0, 0.05) is 24.4 Å². The molecule has 0 amide bonds. The minimum atomic E-state index is 0.941. The summed E-state index contributed by atoms with van der Waals surface area (Å²) in [4.78, 5) is 5.91. The Morgan fingerprint density at radius 1 is 1.42 bits per heavy atom. The van der Waals surface area contributed by atoms with Gasteiger partial charge in [0.15, 0.2) is 0 Å². The van der Waals surface area contributed by atoms with Crippen LogP contribution >= 0.6 is 11.3 Å². The second-order valence-corrected chi connectivity index (χ2v) is 4.43. The van der Waals surface area contributed by atoms with Crippen LogP contribution in [0.25, 0.3) is 0 Å². The molecule has 3 nitrogen and oxygen atoms in total. The van der Waals surface area contributed by atoms with Crippen LogP contribution in [0.15, 0.2) is 0 Å². The normalized spacial score (nSPS) is 18.8. The van der Waals surface area contributed by atoms with Crippen molar-refractivity contribution in [3.05, 3.63) is 15.6 Å². The number of fused-ring (bicyclic) bond motifs is 1. The summed E-state index contributed by atoms with van der Waals surface area (Å²) >= 11 is 1.81. The fourth-order valence-electron chi connectivity index (χ4n) is 1.51. The van der Waals surface area contributed by atoms with E-state index in [1.54, 1.807) is 0 Å². The van der Waals surface area contributed by atoms with Gasteiger partial charge < -0.3 is 0 Å². The summed E-state index contributed by atoms with van der Waals surface area (Å²) in [5, 5.41) is 3.06. The lowest BCUT2D eigenvalue weighted by Gasteiger charge is -2.10. The molecule has 1 aromatic heterocycles. The first kappa shape index (κ1) is 8.16. The maximum absolute atomic E-state index is 5.72. The standard InChI is InChI=1S/C8H13N3S/c1-6-10-7-2-4-11(9)5-3-8(7)12-6/h2-5,9H2,1H3. The number of nitrogens with two attached hydrogens (primary N) is 1. The van der Waals surface area contributed by atoms with E-state index in [2.05, 4.69) is 11.9 Å². The molecular formula is C8H13N3S. The maximum Gasteiger partial charge on any atom is 0.0900 e. The first-order valence-electron chi connectivity index (χ1n) is 4.20. The predicted molar refractivity (Wildman–Crippen MR) is 50.0 cm³/mol. The predicted octanol–water partition coefficient (Wildman–Crippen LogP) is 0.726. The monoisotopic (exact) mass is 183 g/mol. The van der Waals surface area contributed by atoms with E-state index in [0.29, 0.717) is 0 Å². The minimum Gasteiger partial charge on any atom is -0.269 e. The Labute approximate surface area is 76.2 Å². The Hall–Kier alpha value is -0.450. The highest BCUT2D eigenvalue weighted by Gasteiger charge is 2.14. The molecule has 0 saturated carbocycles. The lowest BCUT2D eigenvalue weighted by Crippen LogP contribution is -2.33. The van der Waals surface area contributed by atoms with E-state index in [0.717, 1.165) is 25.9 Å². The Bertz CT molecular complexity index is 256. The van der Waals surface area contributed by atoms with Gasteiger partial charge in [-0.3, -0.25) is 5.84 Å². The highest BCUT2D eigenvalue weighted by atomic mass is 32.1. The molecule has 0 aromatic carbocycles. The summed E-state index contributed by atoms with van der Waals surface area (Å²) in [6.45, 7) is 3.98. The number of hydrazine groups is 1. The van der Waals surface area contributed by atoms with Gasteiger partial charge in [0.25, 0.3) is 0 Å². The minimum absolute atomic E-state index is 0.941. The number of aromatic nitrogens is 1. The molecule has 0 unspecified atom stereocenters. The molecular weight excluding hydrogens is 170 g/mol. The van der Waals surface area contributed by atoms with Crippen LogP contribution in [0.5, 0.6) is 0 Å². The molecule has 0 fully saturated rings. The van der Waals surface area contributed by atoms with Crippen LogP contribution in [-0.2, 0) is 12.8 Å². The van der Waals surface area contributed by atoms with Crippen LogP contribution in [0.4, 0.5) is 0 Å². The summed E-state index contributed by atoms with van der Waals surface area (Å²) in [6, 6.07) is 0. The number of hydrogen-bond acceptors (Lipinski definition) is 4. The SMILES string of the molecule is Cc1nc2c(s1)CCN(N)CC2. The Kier molecular flexibility index (Phi) is 2.12. The van der Waals surface area contributed by atoms with Crippen molar-refractivity contribution in [3.8, 4) is 0 Å². The number of rotatable bonds is 0. The van der Waals surface area contributed by atoms with Crippen LogP contribution in [0, 0.1) is 6.92 Å². The molecule has 0 radical (unpaired) electrons. The quantitative estimate of drug-likeness (QED) is 0.603. The molecule has 1 aromatic rings. The molecule has 1 aliphatic rings. The van der Waals surface area contributed by atoms with E-state index in [1.807, 2.05) is 16.3 Å². The Morgan fingerprint density at radius 3 is 3.00 bits per heavy atom. The van der Waals surface area contributed by atoms with Crippen LogP contribution in [0.2, 0.25) is 0 Å². The molecule has 0 atom stereocenters. The van der Waals surface area contributed by atoms with Gasteiger partial charge in [-0.2, -0.15) is 0 Å². The first-order chi connectivity index (χ1) is 5.75. The van der Waals surface area contributed by atoms with Gasteiger partial charge in [0.05, 0.1) is 10.7 Å². The second-order valence-electron chi connectivity index (χ2n) is 3.14. The number of hydrogen-bond donors (Lipinski definition) is 1. The fraction of sp³-hybridized carbons (Fsp3) is 0.625. The van der Waals surface area contributed by atoms with Crippen molar-refractivity contribution in [1.82, 2.24) is 9.99 Å². The lowest BCUT2D eigenvalue weighted by molar-refractivity contribution is 0.298. The molecule has 2 heterocycles. The van der Waals surface area contributed by atoms with Crippen LogP contribution in [0.3, 0.4) is 0 Å². The lowest BCUT2D eigenvalue weighted by atomic mass is 10.2. The van der Waals surface area contributed by atoms with Gasteiger partial charge in [0.2, 0.25) is 0 Å². The van der Waals surface area contributed by atoms with Crippen LogP contribution in [0.1, 0.15) is 15.6 Å². The van der Waals surface area contributed by atoms with E-state index in [9.17, 15) is 0 Å². The maximum atomic E-state index is 5.72. The van der Waals surface area contributed by atoms with E-state index >= 15 is 0 Å². The van der Waals surface area contributed by atoms with Crippen molar-refractivity contribution in [2.45, 2.75) is 19.8 Å². The Balaban J connectivity index is 2.24. The summed E-state index contributed by atoms with van der Waals surface area (Å²) in [5.41, 5.74) is 1.27. The molecule has 12 heavy (non-hydrogen) atoms. The zero-order valence-corrected chi connectivity index (χ0v) is 8.02. The van der Waals surface area contributed by atoms with Crippen molar-refractivity contribution in [1.29, 1.82) is 0 Å². The third-order valence-corrected chi connectivity index (χ3v) is 3.22. The van der Waals surface area contributed by atoms with Gasteiger partial charge in [-0.1, -0.05) is 0 Å². The molecule has 2 N–H and O–H groups in total. The van der Waals surface area contributed by atoms with E-state index in [-0.39, 0.29) is 0 Å². The summed E-state index contributed by atoms with van der Waals surface area (Å²) in [5.74, 6) is 5.72. The van der Waals surface area contributed by atoms with Crippen molar-refractivity contribution in [2.24, 2.45) is 5.84 Å². The highest BCUT2D eigenvalue weighted by molar-refractivity contribution is 7.11. The topological polar surface area (TPSA) is 42.2 Å². The Morgan fingerprint density at radius 2 is 2.17 bits per heavy atom. The average Bonchev–Trinajstić information content (AvgIpc) is 2.31. The third-order valence-electron chi connectivity index (χ3n) is 2.15. The number of thiazole rings is 1. The van der Waals surface area contributed by atoms with Crippen molar-refractivity contribution < 1.29 is 0 Å². The zero-order valence-electron chi connectivity index (χ0n) is 7.21. The van der Waals surface area contributed by atoms with Crippen LogP contribution < -0.4 is 5.84 Å². The van der Waals surface area contributed by atoms with Gasteiger partial charge in [-0.25, -0.2) is 9.99 Å². The smallest absolute Gasteiger partial charge is 0.0900 e. The molecule has 0 aliphatic carbocycles. The molecule has 2 rings (SSSR count). The summed E-state index contributed by atoms with van der Waals surface area (Å²) < 4.78 is 0. The molecule has 4 heteroatoms. The zero-order chi connectivity index (χ0) is 8.55. The largest absolute Gasteiger partial charge is 0.269 e. The van der Waals surface area contributed by atoms with Crippen molar-refractivity contribution >= 4 is 11.3 Å². The van der Waals surface area contributed by atoms with E-state index in [1.165, 1.54) is 15.6 Å². The molecule has 0 spiro atoms. The van der Waals surface area contributed by atoms with Gasteiger partial charge in [-0.05, 0) is 13.3 Å². The second kappa shape index (κ2) is 3.12. The van der Waals surface area contributed by atoms with E-state index < -0.39 is 0 Å². The molecule has 0 bridgehead atoms. The number of aryl methyl sites for hydroxylation is 1. The van der Waals surface area contributed by atoms with Gasteiger partial charge >= 0.3 is 0 Å².